The van der Waals surface area contributed by atoms with Gasteiger partial charge in [0, 0.05) is 19.2 Å². The molecule has 7 heteroatoms. The summed E-state index contributed by atoms with van der Waals surface area (Å²) in [6, 6.07) is 3.52. The highest BCUT2D eigenvalue weighted by atomic mass is 32.1. The smallest absolute Gasteiger partial charge is 0.263 e. The zero-order chi connectivity index (χ0) is 14.7. The van der Waals surface area contributed by atoms with Crippen molar-refractivity contribution >= 4 is 41.1 Å². The highest BCUT2D eigenvalue weighted by molar-refractivity contribution is 7.80. The first-order valence-corrected chi connectivity index (χ1v) is 6.69. The second-order valence-electron chi connectivity index (χ2n) is 4.14. The van der Waals surface area contributed by atoms with Crippen molar-refractivity contribution < 1.29 is 14.0 Å². The summed E-state index contributed by atoms with van der Waals surface area (Å²) in [4.78, 5) is 25.4. The topological polar surface area (TPSA) is 74.6 Å². The predicted octanol–water partition coefficient (Wildman–Crippen LogP) is 1.04. The van der Waals surface area contributed by atoms with Crippen LogP contribution in [0.2, 0.25) is 0 Å². The quantitative estimate of drug-likeness (QED) is 0.493. The van der Waals surface area contributed by atoms with Crippen LogP contribution in [0.5, 0.6) is 0 Å². The largest absolute Gasteiger partial charge is 0.441 e. The average molecular weight is 293 g/mol. The fourth-order valence-electron chi connectivity index (χ4n) is 1.87. The number of hydrogen-bond donors (Lipinski definition) is 2. The molecule has 1 aromatic rings. The summed E-state index contributed by atoms with van der Waals surface area (Å²) in [6.45, 7) is 5.67. The summed E-state index contributed by atoms with van der Waals surface area (Å²) in [5.41, 5.74) is -0.0287. The standard InChI is InChI=1S/C13H15N3O3S/c1-3-16(4-2)10-6-5-8(19-10)7-9-11(17)14-13(20)15-12(9)18/h5-7H,3-4H2,1-2H3,(H2,14,15,17,18,20). The normalized spacial score (nSPS) is 14.9. The first-order chi connectivity index (χ1) is 9.55. The lowest BCUT2D eigenvalue weighted by molar-refractivity contribution is -0.123. The Kier molecular flexibility index (Phi) is 4.19. The van der Waals surface area contributed by atoms with Crippen LogP contribution in [0.3, 0.4) is 0 Å². The molecule has 2 N–H and O–H groups in total. The molecule has 6 nitrogen and oxygen atoms in total. The van der Waals surface area contributed by atoms with Crippen LogP contribution in [0.15, 0.2) is 22.1 Å². The van der Waals surface area contributed by atoms with E-state index in [1.807, 2.05) is 24.8 Å². The van der Waals surface area contributed by atoms with Gasteiger partial charge in [-0.1, -0.05) is 0 Å². The average Bonchev–Trinajstić information content (AvgIpc) is 2.84. The monoisotopic (exact) mass is 293 g/mol. The summed E-state index contributed by atoms with van der Waals surface area (Å²) in [7, 11) is 0. The number of nitrogens with one attached hydrogen (secondary N) is 2. The minimum atomic E-state index is -0.528. The number of nitrogens with zero attached hydrogens (tertiary/aromatic N) is 1. The molecule has 20 heavy (non-hydrogen) atoms. The van der Waals surface area contributed by atoms with Crippen molar-refractivity contribution in [2.75, 3.05) is 18.0 Å². The van der Waals surface area contributed by atoms with Gasteiger partial charge in [0.25, 0.3) is 11.8 Å². The van der Waals surface area contributed by atoms with Crippen LogP contribution in [-0.4, -0.2) is 30.0 Å². The molecule has 1 aliphatic heterocycles. The van der Waals surface area contributed by atoms with Crippen LogP contribution in [0, 0.1) is 0 Å². The molecule has 0 atom stereocenters. The molecule has 0 aliphatic carbocycles. The SMILES string of the molecule is CCN(CC)c1ccc(C=C2C(=O)NC(=S)NC2=O)o1. The van der Waals surface area contributed by atoms with Crippen molar-refractivity contribution in [1.82, 2.24) is 10.6 Å². The van der Waals surface area contributed by atoms with Crippen LogP contribution in [0.4, 0.5) is 5.88 Å². The summed E-state index contributed by atoms with van der Waals surface area (Å²) < 4.78 is 5.61. The molecule has 1 aromatic heterocycles. The Bertz CT molecular complexity index is 565. The lowest BCUT2D eigenvalue weighted by Gasteiger charge is -2.17. The van der Waals surface area contributed by atoms with Crippen molar-refractivity contribution in [1.29, 1.82) is 0 Å². The number of furan rings is 1. The predicted molar refractivity (Wildman–Crippen MR) is 79.1 cm³/mol. The molecule has 0 saturated carbocycles. The Morgan fingerprint density at radius 1 is 1.20 bits per heavy atom. The first kappa shape index (κ1) is 14.3. The number of anilines is 1. The second-order valence-corrected chi connectivity index (χ2v) is 4.55. The Hall–Kier alpha value is -2.15. The Morgan fingerprint density at radius 3 is 2.35 bits per heavy atom. The van der Waals surface area contributed by atoms with E-state index in [2.05, 4.69) is 10.6 Å². The van der Waals surface area contributed by atoms with E-state index < -0.39 is 11.8 Å². The van der Waals surface area contributed by atoms with E-state index in [4.69, 9.17) is 16.6 Å². The molecule has 2 amide bonds. The van der Waals surface area contributed by atoms with Gasteiger partial charge < -0.3 is 9.32 Å². The van der Waals surface area contributed by atoms with Gasteiger partial charge in [-0.2, -0.15) is 0 Å². The Labute approximate surface area is 121 Å². The minimum Gasteiger partial charge on any atom is -0.441 e. The number of amides is 2. The van der Waals surface area contributed by atoms with E-state index in [-0.39, 0.29) is 10.7 Å². The van der Waals surface area contributed by atoms with Crippen LogP contribution in [0.25, 0.3) is 6.08 Å². The number of thiocarbonyl (C=S) groups is 1. The van der Waals surface area contributed by atoms with Crippen molar-refractivity contribution in [3.05, 3.63) is 23.5 Å². The number of carbonyl (C=O) groups excluding carboxylic acids is 2. The van der Waals surface area contributed by atoms with Gasteiger partial charge in [0.05, 0.1) is 0 Å². The van der Waals surface area contributed by atoms with Crippen LogP contribution >= 0.6 is 12.2 Å². The van der Waals surface area contributed by atoms with Gasteiger partial charge in [-0.3, -0.25) is 20.2 Å². The van der Waals surface area contributed by atoms with E-state index in [1.165, 1.54) is 6.08 Å². The van der Waals surface area contributed by atoms with Gasteiger partial charge in [-0.15, -0.1) is 0 Å². The highest BCUT2D eigenvalue weighted by Gasteiger charge is 2.26. The summed E-state index contributed by atoms with van der Waals surface area (Å²) in [5.74, 6) is 0.0908. The van der Waals surface area contributed by atoms with Gasteiger partial charge in [-0.25, -0.2) is 0 Å². The second kappa shape index (κ2) is 5.87. The van der Waals surface area contributed by atoms with Crippen molar-refractivity contribution in [2.45, 2.75) is 13.8 Å². The number of carbonyl (C=O) groups is 2. The molecule has 0 bridgehead atoms. The van der Waals surface area contributed by atoms with Crippen LogP contribution in [-0.2, 0) is 9.59 Å². The van der Waals surface area contributed by atoms with Crippen molar-refractivity contribution in [3.8, 4) is 0 Å². The summed E-state index contributed by atoms with van der Waals surface area (Å²) >= 11 is 4.73. The molecule has 0 aromatic carbocycles. The molecular formula is C13H15N3O3S. The van der Waals surface area contributed by atoms with Crippen LogP contribution < -0.4 is 15.5 Å². The molecule has 0 spiro atoms. The summed E-state index contributed by atoms with van der Waals surface area (Å²) in [6.07, 6.45) is 1.40. The molecular weight excluding hydrogens is 278 g/mol. The van der Waals surface area contributed by atoms with Crippen molar-refractivity contribution in [3.63, 3.8) is 0 Å². The van der Waals surface area contributed by atoms with Gasteiger partial charge in [-0.05, 0) is 38.2 Å². The van der Waals surface area contributed by atoms with E-state index in [0.29, 0.717) is 11.6 Å². The minimum absolute atomic E-state index is 0.0143. The van der Waals surface area contributed by atoms with E-state index >= 15 is 0 Å². The lowest BCUT2D eigenvalue weighted by Crippen LogP contribution is -2.51. The fourth-order valence-corrected chi connectivity index (χ4v) is 2.06. The molecule has 0 radical (unpaired) electrons. The van der Waals surface area contributed by atoms with E-state index in [0.717, 1.165) is 13.1 Å². The number of hydrogen-bond acceptors (Lipinski definition) is 5. The maximum Gasteiger partial charge on any atom is 0.263 e. The maximum absolute atomic E-state index is 11.7. The third kappa shape index (κ3) is 2.88. The molecule has 1 aliphatic rings. The van der Waals surface area contributed by atoms with E-state index in [1.54, 1.807) is 6.07 Å². The third-order valence-electron chi connectivity index (χ3n) is 2.92. The molecule has 0 unspecified atom stereocenters. The first-order valence-electron chi connectivity index (χ1n) is 6.28. The zero-order valence-corrected chi connectivity index (χ0v) is 12.0. The summed E-state index contributed by atoms with van der Waals surface area (Å²) in [5, 5.41) is 4.76. The Balaban J connectivity index is 2.24. The maximum atomic E-state index is 11.7. The fraction of sp³-hybridized carbons (Fsp3) is 0.308. The number of rotatable bonds is 4. The molecule has 1 fully saturated rings. The molecule has 106 valence electrons. The van der Waals surface area contributed by atoms with Crippen molar-refractivity contribution in [2.24, 2.45) is 0 Å². The molecule has 2 heterocycles. The van der Waals surface area contributed by atoms with E-state index in [9.17, 15) is 9.59 Å². The van der Waals surface area contributed by atoms with Crippen LogP contribution in [0.1, 0.15) is 19.6 Å². The van der Waals surface area contributed by atoms with Gasteiger partial charge in [0.2, 0.25) is 0 Å². The van der Waals surface area contributed by atoms with Gasteiger partial charge >= 0.3 is 0 Å². The molecule has 1 saturated heterocycles. The molecule has 2 rings (SSSR count). The third-order valence-corrected chi connectivity index (χ3v) is 3.12. The lowest BCUT2D eigenvalue weighted by atomic mass is 10.1. The highest BCUT2D eigenvalue weighted by Crippen LogP contribution is 2.20. The zero-order valence-electron chi connectivity index (χ0n) is 11.2. The van der Waals surface area contributed by atoms with Gasteiger partial charge in [0.15, 0.2) is 11.0 Å². The Morgan fingerprint density at radius 2 is 1.80 bits per heavy atom. The van der Waals surface area contributed by atoms with Gasteiger partial charge in [0.1, 0.15) is 11.3 Å².